The number of carbonyl (C=O) groups excluding carboxylic acids is 2. The Hall–Kier alpha value is -1.88. The van der Waals surface area contributed by atoms with Gasteiger partial charge in [-0.3, -0.25) is 9.59 Å². The van der Waals surface area contributed by atoms with Crippen molar-refractivity contribution in [3.8, 4) is 0 Å². The van der Waals surface area contributed by atoms with Gasteiger partial charge in [-0.15, -0.1) is 0 Å². The van der Waals surface area contributed by atoms with Crippen molar-refractivity contribution < 1.29 is 14.3 Å². The summed E-state index contributed by atoms with van der Waals surface area (Å²) in [6.45, 7) is 5.53. The highest BCUT2D eigenvalue weighted by molar-refractivity contribution is 5.99. The maximum atomic E-state index is 12.6. The van der Waals surface area contributed by atoms with Crippen LogP contribution in [0.25, 0.3) is 0 Å². The van der Waals surface area contributed by atoms with Crippen molar-refractivity contribution in [1.29, 1.82) is 0 Å². The second kappa shape index (κ2) is 5.25. The number of nitrogens with zero attached hydrogens (tertiary/aromatic N) is 1. The second-order valence-electron chi connectivity index (χ2n) is 5.47. The maximum absolute atomic E-state index is 12.6. The molecule has 0 bridgehead atoms. The molecule has 2 amide bonds. The average molecular weight is 276 g/mol. The highest BCUT2D eigenvalue weighted by atomic mass is 16.5. The molecule has 108 valence electrons. The lowest BCUT2D eigenvalue weighted by atomic mass is 10.1. The Kier molecular flexibility index (Phi) is 3.81. The molecule has 0 aliphatic carbocycles. The Bertz CT molecular complexity index is 540. The van der Waals surface area contributed by atoms with Crippen LogP contribution >= 0.6 is 0 Å². The predicted molar refractivity (Wildman–Crippen MR) is 76.2 cm³/mol. The van der Waals surface area contributed by atoms with E-state index in [1.807, 2.05) is 24.3 Å². The molecule has 1 unspecified atom stereocenters. The minimum atomic E-state index is -0.951. The first-order valence-electron chi connectivity index (χ1n) is 6.62. The summed E-state index contributed by atoms with van der Waals surface area (Å²) in [4.78, 5) is 26.3. The molecule has 1 atom stereocenters. The third kappa shape index (κ3) is 2.54. The van der Waals surface area contributed by atoms with Crippen LogP contribution in [0.4, 0.5) is 5.69 Å². The summed E-state index contributed by atoms with van der Waals surface area (Å²) in [5.41, 5.74) is 0.730. The van der Waals surface area contributed by atoms with Crippen LogP contribution in [0.3, 0.4) is 0 Å². The number of hydrogen-bond donors (Lipinski definition) is 1. The molecule has 0 spiro atoms. The molecule has 0 saturated carbocycles. The molecular weight excluding hydrogens is 256 g/mol. The van der Waals surface area contributed by atoms with Gasteiger partial charge in [0.15, 0.2) is 0 Å². The molecule has 0 fully saturated rings. The summed E-state index contributed by atoms with van der Waals surface area (Å²) in [7, 11) is 1.49. The minimum Gasteiger partial charge on any atom is -0.369 e. The standard InChI is InChI=1S/C15H20N2O3/c1-10-13(18)16-12-8-6-5-7-11(12)9-17(10)14(19)15(2,3)20-4/h5-8,10H,9H2,1-4H3,(H,16,18). The van der Waals surface area contributed by atoms with Gasteiger partial charge in [-0.2, -0.15) is 0 Å². The minimum absolute atomic E-state index is 0.185. The molecule has 5 heteroatoms. The lowest BCUT2D eigenvalue weighted by Crippen LogP contribution is -2.51. The molecule has 5 nitrogen and oxygen atoms in total. The summed E-state index contributed by atoms with van der Waals surface area (Å²) in [5.74, 6) is -0.380. The van der Waals surface area contributed by atoms with E-state index in [2.05, 4.69) is 5.32 Å². The van der Waals surface area contributed by atoms with Crippen LogP contribution in [-0.4, -0.2) is 35.5 Å². The number of nitrogens with one attached hydrogen (secondary N) is 1. The lowest BCUT2D eigenvalue weighted by Gasteiger charge is -2.33. The molecule has 1 N–H and O–H groups in total. The summed E-state index contributed by atoms with van der Waals surface area (Å²) in [5, 5.41) is 2.85. The monoisotopic (exact) mass is 276 g/mol. The zero-order valence-electron chi connectivity index (χ0n) is 12.3. The number of rotatable bonds is 2. The normalized spacial score (nSPS) is 19.1. The Morgan fingerprint density at radius 2 is 2.05 bits per heavy atom. The van der Waals surface area contributed by atoms with Crippen molar-refractivity contribution in [2.24, 2.45) is 0 Å². The third-order valence-electron chi connectivity index (χ3n) is 3.75. The number of benzene rings is 1. The van der Waals surface area contributed by atoms with E-state index in [4.69, 9.17) is 4.74 Å². The highest BCUT2D eigenvalue weighted by Gasteiger charge is 2.38. The van der Waals surface area contributed by atoms with E-state index in [1.54, 1.807) is 25.7 Å². The topological polar surface area (TPSA) is 58.6 Å². The molecule has 0 radical (unpaired) electrons. The molecule has 2 rings (SSSR count). The fourth-order valence-corrected chi connectivity index (χ4v) is 2.16. The van der Waals surface area contributed by atoms with Crippen LogP contribution in [0.1, 0.15) is 26.3 Å². The summed E-state index contributed by atoms with van der Waals surface area (Å²) < 4.78 is 5.24. The lowest BCUT2D eigenvalue weighted by molar-refractivity contribution is -0.155. The van der Waals surface area contributed by atoms with Crippen molar-refractivity contribution in [1.82, 2.24) is 4.90 Å². The van der Waals surface area contributed by atoms with Gasteiger partial charge in [0.25, 0.3) is 5.91 Å². The number of hydrogen-bond acceptors (Lipinski definition) is 3. The van der Waals surface area contributed by atoms with E-state index in [-0.39, 0.29) is 11.8 Å². The number of anilines is 1. The quantitative estimate of drug-likeness (QED) is 0.895. The Morgan fingerprint density at radius 3 is 2.70 bits per heavy atom. The Morgan fingerprint density at radius 1 is 1.40 bits per heavy atom. The average Bonchev–Trinajstić information content (AvgIpc) is 2.56. The van der Waals surface area contributed by atoms with Crippen LogP contribution in [0.5, 0.6) is 0 Å². The third-order valence-corrected chi connectivity index (χ3v) is 3.75. The molecule has 1 heterocycles. The van der Waals surface area contributed by atoms with Crippen LogP contribution in [0, 0.1) is 0 Å². The van der Waals surface area contributed by atoms with Gasteiger partial charge >= 0.3 is 0 Å². The Labute approximate surface area is 118 Å². The van der Waals surface area contributed by atoms with Crippen LogP contribution in [0.15, 0.2) is 24.3 Å². The van der Waals surface area contributed by atoms with Gasteiger partial charge in [-0.1, -0.05) is 18.2 Å². The maximum Gasteiger partial charge on any atom is 0.255 e. The number of carbonyl (C=O) groups is 2. The van der Waals surface area contributed by atoms with E-state index in [0.717, 1.165) is 11.3 Å². The SMILES string of the molecule is COC(C)(C)C(=O)N1Cc2ccccc2NC(=O)C1C. The van der Waals surface area contributed by atoms with E-state index >= 15 is 0 Å². The van der Waals surface area contributed by atoms with E-state index in [1.165, 1.54) is 7.11 Å². The van der Waals surface area contributed by atoms with Crippen molar-refractivity contribution in [3.05, 3.63) is 29.8 Å². The number of amides is 2. The molecule has 1 aromatic rings. The first-order valence-corrected chi connectivity index (χ1v) is 6.62. The molecule has 0 aromatic heterocycles. The van der Waals surface area contributed by atoms with Crippen molar-refractivity contribution in [3.63, 3.8) is 0 Å². The van der Waals surface area contributed by atoms with Crippen LogP contribution < -0.4 is 5.32 Å². The van der Waals surface area contributed by atoms with Gasteiger partial charge in [0.1, 0.15) is 11.6 Å². The number of fused-ring (bicyclic) bond motifs is 1. The number of methoxy groups -OCH3 is 1. The van der Waals surface area contributed by atoms with Crippen LogP contribution in [0.2, 0.25) is 0 Å². The molecule has 1 aliphatic heterocycles. The van der Waals surface area contributed by atoms with Gasteiger partial charge in [0.2, 0.25) is 5.91 Å². The molecule has 1 aromatic carbocycles. The van der Waals surface area contributed by atoms with E-state index in [9.17, 15) is 9.59 Å². The number of ether oxygens (including phenoxy) is 1. The van der Waals surface area contributed by atoms with Crippen molar-refractivity contribution in [2.75, 3.05) is 12.4 Å². The molecule has 1 aliphatic rings. The van der Waals surface area contributed by atoms with E-state index in [0.29, 0.717) is 6.54 Å². The molecule has 20 heavy (non-hydrogen) atoms. The largest absolute Gasteiger partial charge is 0.369 e. The second-order valence-corrected chi connectivity index (χ2v) is 5.47. The van der Waals surface area contributed by atoms with Crippen LogP contribution in [-0.2, 0) is 20.9 Å². The van der Waals surface area contributed by atoms with Gasteiger partial charge in [0.05, 0.1) is 0 Å². The first kappa shape index (κ1) is 14.5. The Balaban J connectivity index is 2.38. The fourth-order valence-electron chi connectivity index (χ4n) is 2.16. The first-order chi connectivity index (χ1) is 9.36. The van der Waals surface area contributed by atoms with Gasteiger partial charge in [-0.25, -0.2) is 0 Å². The van der Waals surface area contributed by atoms with Crippen molar-refractivity contribution in [2.45, 2.75) is 39.0 Å². The predicted octanol–water partition coefficient (Wildman–Crippen LogP) is 1.78. The van der Waals surface area contributed by atoms with Crippen molar-refractivity contribution >= 4 is 17.5 Å². The van der Waals surface area contributed by atoms with Gasteiger partial charge in [0, 0.05) is 19.3 Å². The summed E-state index contributed by atoms with van der Waals surface area (Å²) in [6.07, 6.45) is 0. The summed E-state index contributed by atoms with van der Waals surface area (Å²) >= 11 is 0. The smallest absolute Gasteiger partial charge is 0.255 e. The van der Waals surface area contributed by atoms with Gasteiger partial charge < -0.3 is 15.0 Å². The fraction of sp³-hybridized carbons (Fsp3) is 0.467. The summed E-state index contributed by atoms with van der Waals surface area (Å²) in [6, 6.07) is 6.97. The molecule has 0 saturated heterocycles. The van der Waals surface area contributed by atoms with Gasteiger partial charge in [-0.05, 0) is 32.4 Å². The zero-order chi connectivity index (χ0) is 14.9. The highest BCUT2D eigenvalue weighted by Crippen LogP contribution is 2.25. The molecular formula is C15H20N2O3. The zero-order valence-corrected chi connectivity index (χ0v) is 12.3. The van der Waals surface area contributed by atoms with E-state index < -0.39 is 11.6 Å². The number of para-hydroxylation sites is 1.